The molecule has 0 saturated carbocycles. The molecule has 3 heteroatoms. The Balaban J connectivity index is 2.31. The van der Waals surface area contributed by atoms with Crippen LogP contribution < -0.4 is 0 Å². The van der Waals surface area contributed by atoms with E-state index in [9.17, 15) is 4.79 Å². The van der Waals surface area contributed by atoms with Crippen molar-refractivity contribution in [3.63, 3.8) is 0 Å². The summed E-state index contributed by atoms with van der Waals surface area (Å²) in [7, 11) is 2.07. The van der Waals surface area contributed by atoms with E-state index < -0.39 is 0 Å². The average Bonchev–Trinajstić information content (AvgIpc) is 2.43. The highest BCUT2D eigenvalue weighted by Crippen LogP contribution is 2.24. The summed E-state index contributed by atoms with van der Waals surface area (Å²) in [5.74, 6) is 0.531. The monoisotopic (exact) mass is 185 g/mol. The van der Waals surface area contributed by atoms with E-state index in [-0.39, 0.29) is 11.9 Å². The van der Waals surface area contributed by atoms with Gasteiger partial charge in [0.25, 0.3) is 0 Å². The zero-order valence-corrected chi connectivity index (χ0v) is 8.75. The lowest BCUT2D eigenvalue weighted by Crippen LogP contribution is -2.24. The number of esters is 1. The van der Waals surface area contributed by atoms with Gasteiger partial charge in [0.1, 0.15) is 0 Å². The van der Waals surface area contributed by atoms with Gasteiger partial charge < -0.3 is 9.64 Å². The molecule has 2 unspecified atom stereocenters. The van der Waals surface area contributed by atoms with E-state index in [4.69, 9.17) is 4.74 Å². The largest absolute Gasteiger partial charge is 0.465 e. The fourth-order valence-electron chi connectivity index (χ4n) is 1.59. The first kappa shape index (κ1) is 10.5. The lowest BCUT2D eigenvalue weighted by molar-refractivity contribution is -0.141. The molecule has 0 spiro atoms. The fourth-order valence-corrected chi connectivity index (χ4v) is 1.59. The molecule has 1 heterocycles. The number of hydrogen-bond acceptors (Lipinski definition) is 3. The number of carbonyl (C=O) groups is 1. The minimum absolute atomic E-state index is 0.00277. The van der Waals surface area contributed by atoms with Crippen LogP contribution in [-0.4, -0.2) is 37.6 Å². The molecule has 0 amide bonds. The van der Waals surface area contributed by atoms with E-state index in [2.05, 4.69) is 25.8 Å². The van der Waals surface area contributed by atoms with Crippen LogP contribution in [0.1, 0.15) is 20.3 Å². The Bertz CT molecular complexity index is 182. The van der Waals surface area contributed by atoms with Gasteiger partial charge in [-0.25, -0.2) is 0 Å². The Morgan fingerprint density at radius 2 is 2.31 bits per heavy atom. The first-order chi connectivity index (χ1) is 6.15. The van der Waals surface area contributed by atoms with Gasteiger partial charge >= 0.3 is 5.97 Å². The second kappa shape index (κ2) is 4.61. The van der Waals surface area contributed by atoms with Crippen LogP contribution in [0.2, 0.25) is 0 Å². The number of hydrogen-bond donors (Lipinski definition) is 0. The maximum atomic E-state index is 11.2. The molecule has 1 saturated heterocycles. The Hall–Kier alpha value is -0.570. The molecule has 0 aliphatic carbocycles. The van der Waals surface area contributed by atoms with Crippen molar-refractivity contribution in [2.75, 3.05) is 26.7 Å². The van der Waals surface area contributed by atoms with Gasteiger partial charge in [0.2, 0.25) is 0 Å². The van der Waals surface area contributed by atoms with Crippen LogP contribution >= 0.6 is 0 Å². The van der Waals surface area contributed by atoms with Crippen molar-refractivity contribution >= 4 is 5.97 Å². The summed E-state index contributed by atoms with van der Waals surface area (Å²) in [6.07, 6.45) is 0.935. The fraction of sp³-hybridized carbons (Fsp3) is 0.900. The van der Waals surface area contributed by atoms with Crippen LogP contribution in [-0.2, 0) is 9.53 Å². The van der Waals surface area contributed by atoms with Crippen molar-refractivity contribution in [1.82, 2.24) is 4.90 Å². The second-order valence-electron chi connectivity index (χ2n) is 3.90. The highest BCUT2D eigenvalue weighted by atomic mass is 16.5. The van der Waals surface area contributed by atoms with Gasteiger partial charge in [-0.05, 0) is 26.6 Å². The van der Waals surface area contributed by atoms with Crippen molar-refractivity contribution < 1.29 is 9.53 Å². The van der Waals surface area contributed by atoms with Crippen LogP contribution in [0.4, 0.5) is 0 Å². The topological polar surface area (TPSA) is 29.5 Å². The molecular formula is C10H19NO2. The van der Waals surface area contributed by atoms with Crippen molar-refractivity contribution in [2.45, 2.75) is 20.3 Å². The molecule has 0 N–H and O–H groups in total. The van der Waals surface area contributed by atoms with Crippen molar-refractivity contribution in [1.29, 1.82) is 0 Å². The summed E-state index contributed by atoms with van der Waals surface area (Å²) < 4.78 is 4.99. The SMILES string of the molecule is CCN(C)CCC1C(=O)OCC1C. The van der Waals surface area contributed by atoms with Crippen LogP contribution in [0.5, 0.6) is 0 Å². The van der Waals surface area contributed by atoms with Crippen LogP contribution in [0.15, 0.2) is 0 Å². The molecule has 0 bridgehead atoms. The Morgan fingerprint density at radius 3 is 2.77 bits per heavy atom. The van der Waals surface area contributed by atoms with Crippen molar-refractivity contribution in [2.24, 2.45) is 11.8 Å². The number of rotatable bonds is 4. The van der Waals surface area contributed by atoms with Crippen LogP contribution in [0.25, 0.3) is 0 Å². The summed E-state index contributed by atoms with van der Waals surface area (Å²) in [6, 6.07) is 0. The maximum absolute atomic E-state index is 11.2. The predicted molar refractivity (Wildman–Crippen MR) is 51.4 cm³/mol. The third-order valence-corrected chi connectivity index (χ3v) is 2.84. The molecule has 0 aromatic carbocycles. The first-order valence-electron chi connectivity index (χ1n) is 5.00. The van der Waals surface area contributed by atoms with Crippen molar-refractivity contribution in [3.05, 3.63) is 0 Å². The molecule has 3 nitrogen and oxygen atoms in total. The minimum atomic E-state index is -0.00277. The molecular weight excluding hydrogens is 166 g/mol. The zero-order chi connectivity index (χ0) is 9.84. The van der Waals surface area contributed by atoms with Gasteiger partial charge in [0.05, 0.1) is 12.5 Å². The molecule has 2 atom stereocenters. The average molecular weight is 185 g/mol. The third-order valence-electron chi connectivity index (χ3n) is 2.84. The first-order valence-corrected chi connectivity index (χ1v) is 5.00. The summed E-state index contributed by atoms with van der Waals surface area (Å²) in [4.78, 5) is 13.5. The third kappa shape index (κ3) is 2.69. The summed E-state index contributed by atoms with van der Waals surface area (Å²) >= 11 is 0. The molecule has 0 aromatic heterocycles. The van der Waals surface area contributed by atoms with E-state index in [1.54, 1.807) is 0 Å². The second-order valence-corrected chi connectivity index (χ2v) is 3.90. The lowest BCUT2D eigenvalue weighted by Gasteiger charge is -2.16. The maximum Gasteiger partial charge on any atom is 0.309 e. The smallest absolute Gasteiger partial charge is 0.309 e. The Morgan fingerprint density at radius 1 is 1.62 bits per heavy atom. The molecule has 0 radical (unpaired) electrons. The quantitative estimate of drug-likeness (QED) is 0.615. The van der Waals surface area contributed by atoms with Gasteiger partial charge in [-0.2, -0.15) is 0 Å². The summed E-state index contributed by atoms with van der Waals surface area (Å²) in [5.41, 5.74) is 0. The molecule has 13 heavy (non-hydrogen) atoms. The number of ether oxygens (including phenoxy) is 1. The zero-order valence-electron chi connectivity index (χ0n) is 8.75. The van der Waals surface area contributed by atoms with E-state index in [1.165, 1.54) is 0 Å². The number of cyclic esters (lactones) is 1. The molecule has 1 aliphatic rings. The van der Waals surface area contributed by atoms with E-state index in [1.807, 2.05) is 0 Å². The van der Waals surface area contributed by atoms with Crippen molar-refractivity contribution in [3.8, 4) is 0 Å². The lowest BCUT2D eigenvalue weighted by atomic mass is 9.94. The highest BCUT2D eigenvalue weighted by Gasteiger charge is 2.33. The predicted octanol–water partition coefficient (Wildman–Crippen LogP) is 1.14. The normalized spacial score (nSPS) is 28.2. The number of carbonyl (C=O) groups excluding carboxylic acids is 1. The van der Waals surface area contributed by atoms with Gasteiger partial charge in [-0.1, -0.05) is 13.8 Å². The van der Waals surface area contributed by atoms with E-state index in [0.29, 0.717) is 12.5 Å². The van der Waals surface area contributed by atoms with E-state index >= 15 is 0 Å². The van der Waals surface area contributed by atoms with Gasteiger partial charge in [0, 0.05) is 5.92 Å². The van der Waals surface area contributed by atoms with E-state index in [0.717, 1.165) is 19.5 Å². The van der Waals surface area contributed by atoms with Gasteiger partial charge in [-0.15, -0.1) is 0 Å². The summed E-state index contributed by atoms with van der Waals surface area (Å²) in [5, 5.41) is 0. The Labute approximate surface area is 80.1 Å². The molecule has 1 rings (SSSR count). The summed E-state index contributed by atoms with van der Waals surface area (Å²) in [6.45, 7) is 6.84. The van der Waals surface area contributed by atoms with Crippen LogP contribution in [0, 0.1) is 11.8 Å². The molecule has 1 fully saturated rings. The highest BCUT2D eigenvalue weighted by molar-refractivity contribution is 5.74. The molecule has 0 aromatic rings. The van der Waals surface area contributed by atoms with Gasteiger partial charge in [-0.3, -0.25) is 4.79 Å². The van der Waals surface area contributed by atoms with Crippen LogP contribution in [0.3, 0.4) is 0 Å². The molecule has 1 aliphatic heterocycles. The Kier molecular flexibility index (Phi) is 3.72. The number of nitrogens with zero attached hydrogens (tertiary/aromatic N) is 1. The molecule has 76 valence electrons. The standard InChI is InChI=1S/C10H19NO2/c1-4-11(3)6-5-9-8(2)7-13-10(9)12/h8-9H,4-7H2,1-3H3. The van der Waals surface area contributed by atoms with Gasteiger partial charge in [0.15, 0.2) is 0 Å². The minimum Gasteiger partial charge on any atom is -0.465 e.